The Morgan fingerprint density at radius 1 is 0.512 bits per heavy atom. The third kappa shape index (κ3) is 3.02. The molecule has 0 radical (unpaired) electrons. The van der Waals surface area contributed by atoms with Crippen LogP contribution in [0.15, 0.2) is 132 Å². The van der Waals surface area contributed by atoms with Crippen molar-refractivity contribution in [2.75, 3.05) is 0 Å². The lowest BCUT2D eigenvalue weighted by Crippen LogP contribution is -2.14. The molecule has 2 heterocycles. The molecule has 0 atom stereocenters. The number of para-hydroxylation sites is 3. The molecule has 9 rings (SSSR count). The largest absolute Gasteiger partial charge is 0.455 e. The Kier molecular flexibility index (Phi) is 4.42. The molecule has 0 amide bonds. The molecular formula is C39H27NO. The number of benzene rings is 6. The van der Waals surface area contributed by atoms with Gasteiger partial charge in [-0.25, -0.2) is 0 Å². The molecule has 2 nitrogen and oxygen atoms in total. The van der Waals surface area contributed by atoms with Crippen LogP contribution in [-0.2, 0) is 5.41 Å². The van der Waals surface area contributed by atoms with Crippen molar-refractivity contribution in [1.29, 1.82) is 0 Å². The van der Waals surface area contributed by atoms with Gasteiger partial charge >= 0.3 is 0 Å². The summed E-state index contributed by atoms with van der Waals surface area (Å²) in [5, 5.41) is 4.87. The predicted octanol–water partition coefficient (Wildman–Crippen LogP) is 10.7. The first-order chi connectivity index (χ1) is 20.1. The first-order valence-corrected chi connectivity index (χ1v) is 14.3. The van der Waals surface area contributed by atoms with Crippen LogP contribution in [0.25, 0.3) is 71.7 Å². The van der Waals surface area contributed by atoms with Crippen molar-refractivity contribution in [2.24, 2.45) is 0 Å². The number of rotatable bonds is 2. The highest BCUT2D eigenvalue weighted by atomic mass is 16.3. The summed E-state index contributed by atoms with van der Waals surface area (Å²) in [6.45, 7) is 4.70. The van der Waals surface area contributed by atoms with Gasteiger partial charge in [-0.1, -0.05) is 105 Å². The molecule has 0 saturated heterocycles. The summed E-state index contributed by atoms with van der Waals surface area (Å²) < 4.78 is 8.84. The smallest absolute Gasteiger partial charge is 0.143 e. The second-order valence-corrected chi connectivity index (χ2v) is 11.8. The number of aromatic nitrogens is 1. The molecule has 41 heavy (non-hydrogen) atoms. The SMILES string of the molecule is CC1(C)c2ccccc2-c2cc3c4ccccc4n(-c4cccc(-c5cccc6c5oc5ccccc56)c4)c3cc21. The van der Waals surface area contributed by atoms with E-state index in [4.69, 9.17) is 4.42 Å². The molecule has 0 bridgehead atoms. The maximum atomic E-state index is 6.41. The minimum Gasteiger partial charge on any atom is -0.455 e. The molecule has 2 heteroatoms. The molecule has 0 fully saturated rings. The average molecular weight is 526 g/mol. The topological polar surface area (TPSA) is 18.1 Å². The van der Waals surface area contributed by atoms with Crippen molar-refractivity contribution in [3.63, 3.8) is 0 Å². The van der Waals surface area contributed by atoms with Crippen molar-refractivity contribution in [3.05, 3.63) is 139 Å². The van der Waals surface area contributed by atoms with Gasteiger partial charge in [0.2, 0.25) is 0 Å². The normalized spacial score (nSPS) is 13.8. The van der Waals surface area contributed by atoms with Gasteiger partial charge < -0.3 is 8.98 Å². The van der Waals surface area contributed by atoms with Crippen LogP contribution in [-0.4, -0.2) is 4.57 Å². The van der Waals surface area contributed by atoms with Crippen LogP contribution < -0.4 is 0 Å². The Morgan fingerprint density at radius 3 is 2.17 bits per heavy atom. The zero-order chi connectivity index (χ0) is 27.3. The van der Waals surface area contributed by atoms with E-state index in [1.54, 1.807) is 0 Å². The molecule has 6 aromatic carbocycles. The first kappa shape index (κ1) is 22.7. The van der Waals surface area contributed by atoms with Gasteiger partial charge in [0.15, 0.2) is 0 Å². The fourth-order valence-electron chi connectivity index (χ4n) is 7.23. The van der Waals surface area contributed by atoms with Crippen LogP contribution in [0, 0.1) is 0 Å². The van der Waals surface area contributed by atoms with Crippen LogP contribution in [0.4, 0.5) is 0 Å². The number of hydrogen-bond acceptors (Lipinski definition) is 1. The summed E-state index contributed by atoms with van der Waals surface area (Å²) in [5.41, 5.74) is 13.2. The van der Waals surface area contributed by atoms with Gasteiger partial charge in [0.25, 0.3) is 0 Å². The van der Waals surface area contributed by atoms with Crippen molar-refractivity contribution in [2.45, 2.75) is 19.3 Å². The van der Waals surface area contributed by atoms with E-state index in [1.807, 2.05) is 12.1 Å². The van der Waals surface area contributed by atoms with E-state index in [0.717, 1.165) is 38.8 Å². The summed E-state index contributed by atoms with van der Waals surface area (Å²) in [5.74, 6) is 0. The fourth-order valence-corrected chi connectivity index (χ4v) is 7.23. The molecule has 8 aromatic rings. The summed E-state index contributed by atoms with van der Waals surface area (Å²) in [4.78, 5) is 0. The molecular weight excluding hydrogens is 498 g/mol. The summed E-state index contributed by atoms with van der Waals surface area (Å²) in [6, 6.07) is 46.2. The third-order valence-electron chi connectivity index (χ3n) is 9.20. The van der Waals surface area contributed by atoms with Gasteiger partial charge in [-0.15, -0.1) is 0 Å². The number of fused-ring (bicyclic) bond motifs is 9. The number of nitrogens with zero attached hydrogens (tertiary/aromatic N) is 1. The van der Waals surface area contributed by atoms with Crippen molar-refractivity contribution < 1.29 is 4.42 Å². The number of furan rings is 1. The highest BCUT2D eigenvalue weighted by Crippen LogP contribution is 2.51. The van der Waals surface area contributed by atoms with Crippen LogP contribution >= 0.6 is 0 Å². The van der Waals surface area contributed by atoms with Crippen LogP contribution in [0.1, 0.15) is 25.0 Å². The molecule has 2 aromatic heterocycles. The lowest BCUT2D eigenvalue weighted by Gasteiger charge is -2.21. The van der Waals surface area contributed by atoms with E-state index in [9.17, 15) is 0 Å². The monoisotopic (exact) mass is 525 g/mol. The molecule has 0 unspecified atom stereocenters. The maximum absolute atomic E-state index is 6.41. The molecule has 194 valence electrons. The summed E-state index contributed by atoms with van der Waals surface area (Å²) >= 11 is 0. The Bertz CT molecular complexity index is 2350. The van der Waals surface area contributed by atoms with Gasteiger partial charge in [0.1, 0.15) is 11.2 Å². The molecule has 0 saturated carbocycles. The van der Waals surface area contributed by atoms with E-state index < -0.39 is 0 Å². The predicted molar refractivity (Wildman–Crippen MR) is 171 cm³/mol. The van der Waals surface area contributed by atoms with Gasteiger partial charge in [-0.05, 0) is 64.2 Å². The summed E-state index contributed by atoms with van der Waals surface area (Å²) in [7, 11) is 0. The maximum Gasteiger partial charge on any atom is 0.143 e. The lowest BCUT2D eigenvalue weighted by molar-refractivity contribution is 0.661. The van der Waals surface area contributed by atoms with E-state index >= 15 is 0 Å². The summed E-state index contributed by atoms with van der Waals surface area (Å²) in [6.07, 6.45) is 0. The Balaban J connectivity index is 1.31. The second kappa shape index (κ2) is 7.99. The van der Waals surface area contributed by atoms with Gasteiger partial charge in [-0.3, -0.25) is 0 Å². The van der Waals surface area contributed by atoms with E-state index in [2.05, 4.69) is 134 Å². The zero-order valence-electron chi connectivity index (χ0n) is 23.0. The highest BCUT2D eigenvalue weighted by Gasteiger charge is 2.36. The van der Waals surface area contributed by atoms with Gasteiger partial charge in [0.05, 0.1) is 11.0 Å². The molecule has 0 spiro atoms. The molecule has 1 aliphatic rings. The van der Waals surface area contributed by atoms with Gasteiger partial charge in [0, 0.05) is 38.2 Å². The average Bonchev–Trinajstić information content (AvgIpc) is 3.62. The Morgan fingerprint density at radius 2 is 1.24 bits per heavy atom. The Labute approximate surface area is 238 Å². The third-order valence-corrected chi connectivity index (χ3v) is 9.20. The van der Waals surface area contributed by atoms with E-state index in [1.165, 1.54) is 44.1 Å². The second-order valence-electron chi connectivity index (χ2n) is 11.8. The molecule has 0 aliphatic heterocycles. The van der Waals surface area contributed by atoms with Crippen LogP contribution in [0.5, 0.6) is 0 Å². The van der Waals surface area contributed by atoms with Gasteiger partial charge in [-0.2, -0.15) is 0 Å². The quantitative estimate of drug-likeness (QED) is 0.219. The van der Waals surface area contributed by atoms with Crippen molar-refractivity contribution in [1.82, 2.24) is 4.57 Å². The Hall–Kier alpha value is -5.08. The van der Waals surface area contributed by atoms with Crippen molar-refractivity contribution >= 4 is 43.7 Å². The zero-order valence-corrected chi connectivity index (χ0v) is 23.0. The van der Waals surface area contributed by atoms with Crippen molar-refractivity contribution in [3.8, 4) is 27.9 Å². The fraction of sp³-hybridized carbons (Fsp3) is 0.0769. The number of hydrogen-bond donors (Lipinski definition) is 0. The molecule has 1 aliphatic carbocycles. The van der Waals surface area contributed by atoms with E-state index in [0.29, 0.717) is 0 Å². The van der Waals surface area contributed by atoms with Crippen LogP contribution in [0.2, 0.25) is 0 Å². The lowest BCUT2D eigenvalue weighted by atomic mass is 9.82. The standard InChI is InChI=1S/C39H27NO/c1-39(2)33-18-6-3-13-27(33)31-22-32-28-14-4-7-19-35(28)40(36(32)23-34(31)39)25-12-9-11-24(21-25)26-16-10-17-30-29-15-5-8-20-37(29)41-38(26)30/h3-23H,1-2H3. The highest BCUT2D eigenvalue weighted by molar-refractivity contribution is 6.12. The minimum absolute atomic E-state index is 0.0554. The van der Waals surface area contributed by atoms with Crippen LogP contribution in [0.3, 0.4) is 0 Å². The minimum atomic E-state index is -0.0554. The first-order valence-electron chi connectivity index (χ1n) is 14.3. The molecule has 0 N–H and O–H groups in total. The van der Waals surface area contributed by atoms with E-state index in [-0.39, 0.29) is 5.41 Å².